The molecule has 2 N–H and O–H groups in total. The minimum Gasteiger partial charge on any atom is -0.313 e. The van der Waals surface area contributed by atoms with Crippen molar-refractivity contribution >= 4 is 21.8 Å². The molecule has 118 valence electrons. The number of hydrogen-bond acceptors (Lipinski definition) is 5. The van der Waals surface area contributed by atoms with Gasteiger partial charge in [-0.15, -0.1) is 0 Å². The Labute approximate surface area is 131 Å². The van der Waals surface area contributed by atoms with Crippen LogP contribution in [0.1, 0.15) is 32.3 Å². The van der Waals surface area contributed by atoms with Crippen LogP contribution < -0.4 is 10.0 Å². The first-order valence-electron chi connectivity index (χ1n) is 7.24. The van der Waals surface area contributed by atoms with E-state index in [2.05, 4.69) is 21.9 Å². The fourth-order valence-corrected chi connectivity index (χ4v) is 4.67. The van der Waals surface area contributed by atoms with Gasteiger partial charge in [0.2, 0.25) is 0 Å². The Morgan fingerprint density at radius 1 is 1.43 bits per heavy atom. The molecule has 1 aliphatic rings. The average molecular weight is 329 g/mol. The van der Waals surface area contributed by atoms with E-state index in [4.69, 9.17) is 0 Å². The van der Waals surface area contributed by atoms with E-state index in [-0.39, 0.29) is 9.77 Å². The zero-order valence-corrected chi connectivity index (χ0v) is 14.2. The number of rotatable bonds is 7. The normalized spacial score (nSPS) is 22.6. The number of nitrogens with one attached hydrogen (secondary N) is 2. The molecule has 1 atom stereocenters. The van der Waals surface area contributed by atoms with Crippen LogP contribution in [0.4, 0.5) is 0 Å². The fourth-order valence-electron chi connectivity index (χ4n) is 2.24. The summed E-state index contributed by atoms with van der Waals surface area (Å²) < 4.78 is 27.2. The molecule has 5 nitrogen and oxygen atoms in total. The zero-order chi connectivity index (χ0) is 15.3. The highest BCUT2D eigenvalue weighted by Crippen LogP contribution is 2.37. The number of nitrogens with zero attached hydrogens (tertiary/aromatic N) is 1. The summed E-state index contributed by atoms with van der Waals surface area (Å²) in [7, 11) is -3.52. The summed E-state index contributed by atoms with van der Waals surface area (Å²) in [4.78, 5) is 4.07. The third-order valence-electron chi connectivity index (χ3n) is 3.59. The number of hydrogen-bond donors (Lipinski definition) is 2. The van der Waals surface area contributed by atoms with E-state index >= 15 is 0 Å². The van der Waals surface area contributed by atoms with Crippen LogP contribution in [0.5, 0.6) is 0 Å². The quantitative estimate of drug-likeness (QED) is 0.797. The molecule has 7 heteroatoms. The highest BCUT2D eigenvalue weighted by molar-refractivity contribution is 8.01. The maximum atomic E-state index is 12.3. The van der Waals surface area contributed by atoms with Gasteiger partial charge in [-0.05, 0) is 43.7 Å². The lowest BCUT2D eigenvalue weighted by atomic mass is 10.1. The third-order valence-corrected chi connectivity index (χ3v) is 6.44. The molecule has 2 rings (SSSR count). The van der Waals surface area contributed by atoms with Gasteiger partial charge >= 0.3 is 0 Å². The summed E-state index contributed by atoms with van der Waals surface area (Å²) in [6.45, 7) is 6.17. The molecule has 21 heavy (non-hydrogen) atoms. The third kappa shape index (κ3) is 4.67. The predicted octanol–water partition coefficient (Wildman–Crippen LogP) is 1.76. The zero-order valence-electron chi connectivity index (χ0n) is 12.6. The van der Waals surface area contributed by atoms with Crippen molar-refractivity contribution in [2.45, 2.75) is 43.0 Å². The van der Waals surface area contributed by atoms with Gasteiger partial charge in [-0.3, -0.25) is 0 Å². The topological polar surface area (TPSA) is 71.1 Å². The maximum absolute atomic E-state index is 12.3. The molecule has 1 aliphatic heterocycles. The SMILES string of the molecule is CCNCc1ccc(S(=O)(=O)NCC2(C)CCCS2)nc1. The Bertz CT molecular complexity index is 552. The molecule has 1 saturated heterocycles. The van der Waals surface area contributed by atoms with E-state index in [1.807, 2.05) is 18.7 Å². The molecule has 0 aliphatic carbocycles. The van der Waals surface area contributed by atoms with Crippen LogP contribution >= 0.6 is 11.8 Å². The van der Waals surface area contributed by atoms with Gasteiger partial charge in [-0.1, -0.05) is 13.0 Å². The first kappa shape index (κ1) is 16.7. The predicted molar refractivity (Wildman–Crippen MR) is 86.9 cm³/mol. The molecular formula is C14H23N3O2S2. The van der Waals surface area contributed by atoms with Crippen LogP contribution in [-0.2, 0) is 16.6 Å². The second-order valence-corrected chi connectivity index (χ2v) is 8.91. The average Bonchev–Trinajstić information content (AvgIpc) is 2.91. The van der Waals surface area contributed by atoms with E-state index in [9.17, 15) is 8.42 Å². The summed E-state index contributed by atoms with van der Waals surface area (Å²) in [5.41, 5.74) is 0.981. The minimum atomic E-state index is -3.52. The van der Waals surface area contributed by atoms with Crippen LogP contribution in [0.3, 0.4) is 0 Å². The molecule has 0 amide bonds. The van der Waals surface area contributed by atoms with Gasteiger partial charge in [-0.25, -0.2) is 18.1 Å². The summed E-state index contributed by atoms with van der Waals surface area (Å²) in [6, 6.07) is 3.37. The molecular weight excluding hydrogens is 306 g/mol. The van der Waals surface area contributed by atoms with Gasteiger partial charge < -0.3 is 5.32 Å². The van der Waals surface area contributed by atoms with Crippen LogP contribution in [0, 0.1) is 0 Å². The molecule has 0 aromatic carbocycles. The minimum absolute atomic E-state index is 0.0120. The molecule has 1 aromatic heterocycles. The fraction of sp³-hybridized carbons (Fsp3) is 0.643. The van der Waals surface area contributed by atoms with Crippen LogP contribution in [0.15, 0.2) is 23.4 Å². The molecule has 1 unspecified atom stereocenters. The van der Waals surface area contributed by atoms with Crippen molar-refractivity contribution in [2.75, 3.05) is 18.8 Å². The smallest absolute Gasteiger partial charge is 0.258 e. The van der Waals surface area contributed by atoms with Crippen molar-refractivity contribution in [1.29, 1.82) is 0 Å². The van der Waals surface area contributed by atoms with Crippen LogP contribution in [-0.4, -0.2) is 37.0 Å². The Morgan fingerprint density at radius 3 is 2.81 bits per heavy atom. The van der Waals surface area contributed by atoms with Crippen molar-refractivity contribution < 1.29 is 8.42 Å². The van der Waals surface area contributed by atoms with E-state index in [0.29, 0.717) is 13.1 Å². The lowest BCUT2D eigenvalue weighted by Gasteiger charge is -2.22. The van der Waals surface area contributed by atoms with Gasteiger partial charge in [0.15, 0.2) is 5.03 Å². The lowest BCUT2D eigenvalue weighted by Crippen LogP contribution is -2.37. The van der Waals surface area contributed by atoms with Crippen molar-refractivity contribution in [2.24, 2.45) is 0 Å². The van der Waals surface area contributed by atoms with Gasteiger partial charge in [0.25, 0.3) is 10.0 Å². The molecule has 0 bridgehead atoms. The van der Waals surface area contributed by atoms with Crippen molar-refractivity contribution in [3.05, 3.63) is 23.9 Å². The summed E-state index contributed by atoms with van der Waals surface area (Å²) in [5.74, 6) is 1.11. The Hall–Kier alpha value is -0.630. The molecule has 2 heterocycles. The van der Waals surface area contributed by atoms with E-state index in [0.717, 1.165) is 30.7 Å². The Kier molecular flexibility index (Phi) is 5.65. The van der Waals surface area contributed by atoms with Gasteiger partial charge in [0.1, 0.15) is 0 Å². The highest BCUT2D eigenvalue weighted by atomic mass is 32.2. The van der Waals surface area contributed by atoms with Gasteiger partial charge in [-0.2, -0.15) is 11.8 Å². The van der Waals surface area contributed by atoms with Crippen molar-refractivity contribution in [3.8, 4) is 0 Å². The monoisotopic (exact) mass is 329 g/mol. The summed E-state index contributed by atoms with van der Waals surface area (Å²) >= 11 is 1.84. The second kappa shape index (κ2) is 7.09. The number of thioether (sulfide) groups is 1. The molecule has 0 spiro atoms. The van der Waals surface area contributed by atoms with E-state index in [1.54, 1.807) is 18.3 Å². The Balaban J connectivity index is 1.98. The number of aromatic nitrogens is 1. The Morgan fingerprint density at radius 2 is 2.24 bits per heavy atom. The van der Waals surface area contributed by atoms with Crippen molar-refractivity contribution in [1.82, 2.24) is 15.0 Å². The number of sulfonamides is 1. The van der Waals surface area contributed by atoms with Gasteiger partial charge in [0.05, 0.1) is 0 Å². The second-order valence-electron chi connectivity index (χ2n) is 5.51. The van der Waals surface area contributed by atoms with E-state index in [1.165, 1.54) is 0 Å². The molecule has 0 radical (unpaired) electrons. The van der Waals surface area contributed by atoms with Crippen LogP contribution in [0.25, 0.3) is 0 Å². The lowest BCUT2D eigenvalue weighted by molar-refractivity contribution is 0.549. The summed E-state index contributed by atoms with van der Waals surface area (Å²) in [5, 5.41) is 3.27. The first-order chi connectivity index (χ1) is 9.95. The van der Waals surface area contributed by atoms with Crippen LogP contribution in [0.2, 0.25) is 0 Å². The van der Waals surface area contributed by atoms with E-state index < -0.39 is 10.0 Å². The molecule has 0 saturated carbocycles. The molecule has 1 aromatic rings. The first-order valence-corrected chi connectivity index (χ1v) is 9.71. The van der Waals surface area contributed by atoms with Gasteiger partial charge in [0, 0.05) is 24.0 Å². The number of pyridine rings is 1. The highest BCUT2D eigenvalue weighted by Gasteiger charge is 2.31. The molecule has 1 fully saturated rings. The summed E-state index contributed by atoms with van der Waals surface area (Å²) in [6.07, 6.45) is 3.82. The largest absolute Gasteiger partial charge is 0.313 e. The standard InChI is InChI=1S/C14H23N3O2S2/c1-3-15-9-12-5-6-13(16-10-12)21(18,19)17-11-14(2)7-4-8-20-14/h5-6,10,15,17H,3-4,7-9,11H2,1-2H3. The maximum Gasteiger partial charge on any atom is 0.258 e. The van der Waals surface area contributed by atoms with Crippen molar-refractivity contribution in [3.63, 3.8) is 0 Å².